The van der Waals surface area contributed by atoms with Gasteiger partial charge < -0.3 is 11.1 Å². The van der Waals surface area contributed by atoms with E-state index in [-0.39, 0.29) is 30.4 Å². The van der Waals surface area contributed by atoms with Gasteiger partial charge >= 0.3 is 0 Å². The molecule has 0 radical (unpaired) electrons. The van der Waals surface area contributed by atoms with Crippen molar-refractivity contribution >= 4 is 18.3 Å². The molecule has 1 saturated carbocycles. The molecule has 21 heavy (non-hydrogen) atoms. The maximum absolute atomic E-state index is 12.3. The second kappa shape index (κ2) is 6.80. The van der Waals surface area contributed by atoms with Crippen LogP contribution in [0.4, 0.5) is 0 Å². The molecular formula is C17H25ClN2O. The molecule has 0 aromatic heterocycles. The van der Waals surface area contributed by atoms with Gasteiger partial charge in [0, 0.05) is 12.5 Å². The predicted octanol–water partition coefficient (Wildman–Crippen LogP) is 2.98. The summed E-state index contributed by atoms with van der Waals surface area (Å²) in [6.45, 7) is 2.21. The summed E-state index contributed by atoms with van der Waals surface area (Å²) in [6.07, 6.45) is 4.99. The molecule has 2 aliphatic rings. The van der Waals surface area contributed by atoms with Gasteiger partial charge in [0.1, 0.15) is 0 Å². The third-order valence-corrected chi connectivity index (χ3v) is 4.98. The molecule has 2 aliphatic carbocycles. The number of halogens is 1. The molecular weight excluding hydrogens is 284 g/mol. The van der Waals surface area contributed by atoms with E-state index in [2.05, 4.69) is 36.5 Å². The summed E-state index contributed by atoms with van der Waals surface area (Å²) in [7, 11) is 0. The molecule has 0 saturated heterocycles. The van der Waals surface area contributed by atoms with Gasteiger partial charge in [-0.2, -0.15) is 0 Å². The second-order valence-electron chi connectivity index (χ2n) is 6.48. The van der Waals surface area contributed by atoms with Gasteiger partial charge in [-0.25, -0.2) is 0 Å². The van der Waals surface area contributed by atoms with Crippen molar-refractivity contribution in [1.29, 1.82) is 0 Å². The van der Waals surface area contributed by atoms with Crippen molar-refractivity contribution in [3.05, 3.63) is 35.4 Å². The first kappa shape index (κ1) is 16.3. The first-order chi connectivity index (χ1) is 9.65. The van der Waals surface area contributed by atoms with E-state index in [1.807, 2.05) is 0 Å². The third-order valence-electron chi connectivity index (χ3n) is 4.98. The zero-order valence-electron chi connectivity index (χ0n) is 12.5. The second-order valence-corrected chi connectivity index (χ2v) is 6.48. The van der Waals surface area contributed by atoms with Gasteiger partial charge in [0.15, 0.2) is 0 Å². The van der Waals surface area contributed by atoms with Crippen LogP contribution in [-0.2, 0) is 11.2 Å². The fourth-order valence-electron chi connectivity index (χ4n) is 3.80. The molecule has 0 heterocycles. The van der Waals surface area contributed by atoms with E-state index in [9.17, 15) is 4.79 Å². The highest BCUT2D eigenvalue weighted by atomic mass is 35.5. The van der Waals surface area contributed by atoms with E-state index < -0.39 is 0 Å². The average Bonchev–Trinajstić information content (AvgIpc) is 2.95. The highest BCUT2D eigenvalue weighted by molar-refractivity contribution is 5.85. The zero-order valence-corrected chi connectivity index (χ0v) is 13.4. The number of carbonyl (C=O) groups is 1. The Morgan fingerprint density at radius 1 is 1.33 bits per heavy atom. The lowest BCUT2D eigenvalue weighted by Crippen LogP contribution is -2.34. The van der Waals surface area contributed by atoms with Crippen LogP contribution in [-0.4, -0.2) is 11.9 Å². The number of rotatable bonds is 3. The fourth-order valence-corrected chi connectivity index (χ4v) is 3.80. The Balaban J connectivity index is 0.00000161. The quantitative estimate of drug-likeness (QED) is 0.902. The van der Waals surface area contributed by atoms with Crippen molar-refractivity contribution in [2.75, 3.05) is 0 Å². The van der Waals surface area contributed by atoms with E-state index in [1.54, 1.807) is 0 Å². The Morgan fingerprint density at radius 3 is 2.81 bits per heavy atom. The van der Waals surface area contributed by atoms with Gasteiger partial charge in [-0.15, -0.1) is 12.4 Å². The van der Waals surface area contributed by atoms with Crippen molar-refractivity contribution in [1.82, 2.24) is 5.32 Å². The summed E-state index contributed by atoms with van der Waals surface area (Å²) in [6, 6.07) is 8.84. The van der Waals surface area contributed by atoms with Gasteiger partial charge in [-0.1, -0.05) is 37.6 Å². The molecule has 1 aromatic rings. The van der Waals surface area contributed by atoms with Crippen LogP contribution in [0.2, 0.25) is 0 Å². The molecule has 0 spiro atoms. The molecule has 2 unspecified atom stereocenters. The van der Waals surface area contributed by atoms with Crippen LogP contribution in [0.15, 0.2) is 24.3 Å². The molecule has 1 aromatic carbocycles. The molecule has 1 amide bonds. The van der Waals surface area contributed by atoms with Gasteiger partial charge in [0.05, 0.1) is 6.04 Å². The molecule has 4 atom stereocenters. The molecule has 0 bridgehead atoms. The van der Waals surface area contributed by atoms with Crippen molar-refractivity contribution in [2.45, 2.75) is 51.1 Å². The summed E-state index contributed by atoms with van der Waals surface area (Å²) >= 11 is 0. The van der Waals surface area contributed by atoms with Gasteiger partial charge in [-0.05, 0) is 42.2 Å². The Morgan fingerprint density at radius 2 is 2.10 bits per heavy atom. The smallest absolute Gasteiger partial charge is 0.220 e. The highest BCUT2D eigenvalue weighted by Crippen LogP contribution is 2.36. The van der Waals surface area contributed by atoms with Crippen molar-refractivity contribution in [3.8, 4) is 0 Å². The van der Waals surface area contributed by atoms with Crippen LogP contribution in [0.1, 0.15) is 49.8 Å². The van der Waals surface area contributed by atoms with Crippen molar-refractivity contribution < 1.29 is 4.79 Å². The standard InChI is InChI=1S/C17H24N2O.ClH/c1-11-9-12-5-2-3-7-14(12)17(11)19-16(20)10-13-6-4-8-15(13)18;/h2-3,5,7,11,13,15,17H,4,6,8-10,18H2,1H3,(H,19,20);1H/t11?,13-,15+,17?;/m0./s1. The number of amides is 1. The molecule has 3 rings (SSSR count). The summed E-state index contributed by atoms with van der Waals surface area (Å²) < 4.78 is 0. The lowest BCUT2D eigenvalue weighted by atomic mass is 9.98. The Bertz CT molecular complexity index is 505. The number of benzene rings is 1. The van der Waals surface area contributed by atoms with Gasteiger partial charge in [0.25, 0.3) is 0 Å². The maximum Gasteiger partial charge on any atom is 0.220 e. The van der Waals surface area contributed by atoms with Crippen LogP contribution < -0.4 is 11.1 Å². The monoisotopic (exact) mass is 308 g/mol. The molecule has 3 N–H and O–H groups in total. The molecule has 0 aliphatic heterocycles. The van der Waals surface area contributed by atoms with Crippen LogP contribution in [0.3, 0.4) is 0 Å². The molecule has 3 nitrogen and oxygen atoms in total. The summed E-state index contributed by atoms with van der Waals surface area (Å²) in [5.74, 6) is 1.02. The average molecular weight is 309 g/mol. The van der Waals surface area contributed by atoms with Gasteiger partial charge in [-0.3, -0.25) is 4.79 Å². The lowest BCUT2D eigenvalue weighted by Gasteiger charge is -2.21. The predicted molar refractivity (Wildman–Crippen MR) is 87.4 cm³/mol. The molecule has 1 fully saturated rings. The maximum atomic E-state index is 12.3. The minimum atomic E-state index is 0. The van der Waals surface area contributed by atoms with E-state index in [0.717, 1.165) is 19.3 Å². The first-order valence-electron chi connectivity index (χ1n) is 7.78. The Labute approximate surface area is 133 Å². The molecule has 4 heteroatoms. The van der Waals surface area contributed by atoms with Crippen LogP contribution in [0.25, 0.3) is 0 Å². The number of hydrogen-bond donors (Lipinski definition) is 2. The van der Waals surface area contributed by atoms with Crippen LogP contribution >= 0.6 is 12.4 Å². The summed E-state index contributed by atoms with van der Waals surface area (Å²) in [5, 5.41) is 3.24. The number of fused-ring (bicyclic) bond motifs is 1. The fraction of sp³-hybridized carbons (Fsp3) is 0.588. The van der Waals surface area contributed by atoms with Gasteiger partial charge in [0.2, 0.25) is 5.91 Å². The summed E-state index contributed by atoms with van der Waals surface area (Å²) in [5.41, 5.74) is 8.73. The first-order valence-corrected chi connectivity index (χ1v) is 7.78. The van der Waals surface area contributed by atoms with E-state index in [0.29, 0.717) is 18.3 Å². The topological polar surface area (TPSA) is 55.1 Å². The minimum Gasteiger partial charge on any atom is -0.349 e. The SMILES string of the molecule is CC1Cc2ccccc2C1NC(=O)C[C@@H]1CCC[C@H]1N.Cl. The number of carbonyl (C=O) groups excluding carboxylic acids is 1. The normalized spacial score (nSPS) is 30.6. The number of nitrogens with two attached hydrogens (primary N) is 1. The van der Waals surface area contributed by atoms with E-state index in [4.69, 9.17) is 5.73 Å². The van der Waals surface area contributed by atoms with Crippen molar-refractivity contribution in [2.24, 2.45) is 17.6 Å². The van der Waals surface area contributed by atoms with E-state index >= 15 is 0 Å². The summed E-state index contributed by atoms with van der Waals surface area (Å²) in [4.78, 5) is 12.3. The van der Waals surface area contributed by atoms with E-state index in [1.165, 1.54) is 17.5 Å². The van der Waals surface area contributed by atoms with Crippen LogP contribution in [0.5, 0.6) is 0 Å². The highest BCUT2D eigenvalue weighted by Gasteiger charge is 2.32. The Kier molecular flexibility index (Phi) is 5.28. The largest absolute Gasteiger partial charge is 0.349 e. The third kappa shape index (κ3) is 3.41. The zero-order chi connectivity index (χ0) is 14.1. The minimum absolute atomic E-state index is 0. The number of hydrogen-bond acceptors (Lipinski definition) is 2. The van der Waals surface area contributed by atoms with Crippen LogP contribution in [0, 0.1) is 11.8 Å². The molecule has 116 valence electrons. The number of nitrogens with one attached hydrogen (secondary N) is 1. The Hall–Kier alpha value is -1.06. The lowest BCUT2D eigenvalue weighted by molar-refractivity contribution is -0.123. The van der Waals surface area contributed by atoms with Crippen molar-refractivity contribution in [3.63, 3.8) is 0 Å².